The van der Waals surface area contributed by atoms with E-state index >= 15 is 0 Å². The number of carbonyl (C=O) groups is 3. The van der Waals surface area contributed by atoms with Crippen LogP contribution < -0.4 is 10.2 Å². The van der Waals surface area contributed by atoms with Gasteiger partial charge in [-0.3, -0.25) is 24.0 Å². The Morgan fingerprint density at radius 2 is 1.94 bits per heavy atom. The monoisotopic (exact) mass is 463 g/mol. The number of benzene rings is 1. The van der Waals surface area contributed by atoms with Crippen LogP contribution in [-0.2, 0) is 17.9 Å². The van der Waals surface area contributed by atoms with Gasteiger partial charge in [-0.15, -0.1) is 0 Å². The van der Waals surface area contributed by atoms with E-state index in [0.29, 0.717) is 50.1 Å². The molecule has 1 fully saturated rings. The molecule has 33 heavy (non-hydrogen) atoms. The summed E-state index contributed by atoms with van der Waals surface area (Å²) in [6.45, 7) is 2.63. The lowest BCUT2D eigenvalue weighted by molar-refractivity contribution is -0.125. The Labute approximate surface area is 195 Å². The summed E-state index contributed by atoms with van der Waals surface area (Å²) < 4.78 is 1.71. The Kier molecular flexibility index (Phi) is 5.95. The second-order valence-electron chi connectivity index (χ2n) is 8.34. The van der Waals surface area contributed by atoms with Crippen molar-refractivity contribution < 1.29 is 14.4 Å². The fourth-order valence-electron chi connectivity index (χ4n) is 4.53. The standard InChI is InChI=1S/C24H25N5O3S/c30-22(25-15-17-7-14-33-16-17)18-5-10-27(11-6-18)20-4-1-3-19-21(20)24(32)29(23(19)31)13-12-28-9-2-8-26-28/h1-4,7-9,14,16,18H,5-6,10-13,15H2,(H,25,30). The van der Waals surface area contributed by atoms with E-state index in [4.69, 9.17) is 0 Å². The van der Waals surface area contributed by atoms with Crippen molar-refractivity contribution in [3.8, 4) is 0 Å². The van der Waals surface area contributed by atoms with Crippen LogP contribution in [0.5, 0.6) is 0 Å². The number of piperidine rings is 1. The number of anilines is 1. The number of rotatable bonds is 7. The lowest BCUT2D eigenvalue weighted by Gasteiger charge is -2.33. The van der Waals surface area contributed by atoms with Crippen LogP contribution in [0.25, 0.3) is 0 Å². The van der Waals surface area contributed by atoms with E-state index in [2.05, 4.69) is 15.3 Å². The highest BCUT2D eigenvalue weighted by Gasteiger charge is 2.39. The second-order valence-corrected chi connectivity index (χ2v) is 9.12. The Bertz CT molecular complexity index is 1150. The molecular weight excluding hydrogens is 438 g/mol. The first kappa shape index (κ1) is 21.4. The largest absolute Gasteiger partial charge is 0.371 e. The summed E-state index contributed by atoms with van der Waals surface area (Å²) in [7, 11) is 0. The van der Waals surface area contributed by atoms with Crippen molar-refractivity contribution in [2.24, 2.45) is 5.92 Å². The number of hydrogen-bond acceptors (Lipinski definition) is 6. The molecule has 1 aromatic carbocycles. The minimum Gasteiger partial charge on any atom is -0.371 e. The van der Waals surface area contributed by atoms with Crippen LogP contribution in [0, 0.1) is 5.92 Å². The first-order valence-electron chi connectivity index (χ1n) is 11.1. The van der Waals surface area contributed by atoms with E-state index in [1.54, 1.807) is 28.3 Å². The van der Waals surface area contributed by atoms with E-state index in [9.17, 15) is 14.4 Å². The molecule has 4 heterocycles. The smallest absolute Gasteiger partial charge is 0.263 e. The number of hydrogen-bond donors (Lipinski definition) is 1. The van der Waals surface area contributed by atoms with Crippen molar-refractivity contribution in [3.63, 3.8) is 0 Å². The topological polar surface area (TPSA) is 87.5 Å². The predicted molar refractivity (Wildman–Crippen MR) is 125 cm³/mol. The van der Waals surface area contributed by atoms with Crippen molar-refractivity contribution in [1.29, 1.82) is 0 Å². The van der Waals surface area contributed by atoms with E-state index in [1.807, 2.05) is 41.2 Å². The van der Waals surface area contributed by atoms with Crippen LogP contribution in [0.1, 0.15) is 39.1 Å². The molecule has 3 aromatic rings. The normalized spacial score (nSPS) is 16.4. The molecule has 1 saturated heterocycles. The number of carbonyl (C=O) groups excluding carboxylic acids is 3. The third-order valence-electron chi connectivity index (χ3n) is 6.34. The highest BCUT2D eigenvalue weighted by atomic mass is 32.1. The predicted octanol–water partition coefficient (Wildman–Crippen LogP) is 2.77. The summed E-state index contributed by atoms with van der Waals surface area (Å²) in [5.74, 6) is -0.477. The Morgan fingerprint density at radius 3 is 2.67 bits per heavy atom. The van der Waals surface area contributed by atoms with Gasteiger partial charge >= 0.3 is 0 Å². The summed E-state index contributed by atoms with van der Waals surface area (Å²) in [6.07, 6.45) is 4.91. The molecule has 5 rings (SSSR count). The van der Waals surface area contributed by atoms with Gasteiger partial charge in [0.15, 0.2) is 0 Å². The molecule has 0 aliphatic carbocycles. The molecule has 170 valence electrons. The van der Waals surface area contributed by atoms with Gasteiger partial charge in [-0.25, -0.2) is 0 Å². The Morgan fingerprint density at radius 1 is 1.09 bits per heavy atom. The molecule has 1 N–H and O–H groups in total. The fourth-order valence-corrected chi connectivity index (χ4v) is 5.20. The zero-order valence-corrected chi connectivity index (χ0v) is 19.0. The SMILES string of the molecule is O=C(NCc1ccsc1)C1CCN(c2cccc3c2C(=O)N(CCn2cccn2)C3=O)CC1. The number of fused-ring (bicyclic) bond motifs is 1. The number of nitrogens with one attached hydrogen (secondary N) is 1. The van der Waals surface area contributed by atoms with Crippen LogP contribution >= 0.6 is 11.3 Å². The molecule has 0 spiro atoms. The maximum absolute atomic E-state index is 13.2. The van der Waals surface area contributed by atoms with Crippen LogP contribution in [0.2, 0.25) is 0 Å². The maximum atomic E-state index is 13.2. The quantitative estimate of drug-likeness (QED) is 0.545. The van der Waals surface area contributed by atoms with Crippen LogP contribution in [0.3, 0.4) is 0 Å². The summed E-state index contributed by atoms with van der Waals surface area (Å²) in [4.78, 5) is 42.1. The number of thiophene rings is 1. The van der Waals surface area contributed by atoms with Gasteiger partial charge in [-0.2, -0.15) is 16.4 Å². The fraction of sp³-hybridized carbons (Fsp3) is 0.333. The van der Waals surface area contributed by atoms with E-state index in [0.717, 1.165) is 11.3 Å². The molecule has 9 heteroatoms. The minimum atomic E-state index is -0.258. The molecule has 2 aromatic heterocycles. The van der Waals surface area contributed by atoms with Gasteiger partial charge in [0.05, 0.1) is 23.4 Å². The molecule has 2 aliphatic rings. The van der Waals surface area contributed by atoms with Gasteiger partial charge in [0.25, 0.3) is 11.8 Å². The zero-order valence-electron chi connectivity index (χ0n) is 18.1. The molecule has 0 radical (unpaired) electrons. The number of aromatic nitrogens is 2. The number of imide groups is 1. The van der Waals surface area contributed by atoms with Crippen molar-refractivity contribution in [1.82, 2.24) is 20.0 Å². The van der Waals surface area contributed by atoms with Gasteiger partial charge < -0.3 is 10.2 Å². The lowest BCUT2D eigenvalue weighted by Crippen LogP contribution is -2.41. The average molecular weight is 464 g/mol. The van der Waals surface area contributed by atoms with Crippen LogP contribution in [0.15, 0.2) is 53.5 Å². The molecule has 8 nitrogen and oxygen atoms in total. The van der Waals surface area contributed by atoms with E-state index in [1.165, 1.54) is 4.90 Å². The van der Waals surface area contributed by atoms with Crippen molar-refractivity contribution in [2.45, 2.75) is 25.9 Å². The molecule has 0 saturated carbocycles. The summed E-state index contributed by atoms with van der Waals surface area (Å²) in [5, 5.41) is 11.2. The van der Waals surface area contributed by atoms with Gasteiger partial charge in [-0.05, 0) is 53.4 Å². The van der Waals surface area contributed by atoms with Crippen molar-refractivity contribution in [2.75, 3.05) is 24.5 Å². The third kappa shape index (κ3) is 4.28. The van der Waals surface area contributed by atoms with Crippen molar-refractivity contribution in [3.05, 3.63) is 70.2 Å². The van der Waals surface area contributed by atoms with Crippen molar-refractivity contribution >= 4 is 34.7 Å². The molecule has 0 unspecified atom stereocenters. The third-order valence-corrected chi connectivity index (χ3v) is 7.07. The van der Waals surface area contributed by atoms with Gasteiger partial charge in [0, 0.05) is 44.5 Å². The van der Waals surface area contributed by atoms with Crippen LogP contribution in [-0.4, -0.2) is 52.0 Å². The molecule has 3 amide bonds. The maximum Gasteiger partial charge on any atom is 0.263 e. The van der Waals surface area contributed by atoms with E-state index < -0.39 is 0 Å². The van der Waals surface area contributed by atoms with E-state index in [-0.39, 0.29) is 30.2 Å². The molecule has 0 atom stereocenters. The van der Waals surface area contributed by atoms with Gasteiger partial charge in [0.1, 0.15) is 0 Å². The second kappa shape index (κ2) is 9.19. The van der Waals surface area contributed by atoms with Gasteiger partial charge in [0.2, 0.25) is 5.91 Å². The minimum absolute atomic E-state index is 0.0421. The number of amides is 3. The lowest BCUT2D eigenvalue weighted by atomic mass is 9.94. The summed E-state index contributed by atoms with van der Waals surface area (Å²) in [6, 6.07) is 9.28. The van der Waals surface area contributed by atoms with Crippen LogP contribution in [0.4, 0.5) is 5.69 Å². The zero-order chi connectivity index (χ0) is 22.8. The average Bonchev–Trinajstić information content (AvgIpc) is 3.60. The Balaban J connectivity index is 1.23. The van der Waals surface area contributed by atoms with Gasteiger partial charge in [-0.1, -0.05) is 6.07 Å². The summed E-state index contributed by atoms with van der Waals surface area (Å²) >= 11 is 1.62. The molecule has 0 bridgehead atoms. The molecular formula is C24H25N5O3S. The Hall–Kier alpha value is -3.46. The first-order chi connectivity index (χ1) is 16.1. The number of nitrogens with zero attached hydrogens (tertiary/aromatic N) is 4. The summed E-state index contributed by atoms with van der Waals surface area (Å²) in [5.41, 5.74) is 2.83. The highest BCUT2D eigenvalue weighted by Crippen LogP contribution is 2.34. The molecule has 2 aliphatic heterocycles. The highest BCUT2D eigenvalue weighted by molar-refractivity contribution is 7.07. The first-order valence-corrected chi connectivity index (χ1v) is 12.1.